The van der Waals surface area contributed by atoms with Crippen molar-refractivity contribution in [2.45, 2.75) is 38.3 Å². The fourth-order valence-electron chi connectivity index (χ4n) is 2.65. The van der Waals surface area contributed by atoms with E-state index in [1.54, 1.807) is 0 Å². The van der Waals surface area contributed by atoms with E-state index in [4.69, 9.17) is 0 Å². The maximum atomic E-state index is 9.20. The van der Waals surface area contributed by atoms with E-state index >= 15 is 0 Å². The van der Waals surface area contributed by atoms with E-state index in [9.17, 15) is 5.11 Å². The Morgan fingerprint density at radius 3 is 2.14 bits per heavy atom. The van der Waals surface area contributed by atoms with Crippen molar-refractivity contribution in [3.8, 4) is 0 Å². The predicted octanol–water partition coefficient (Wildman–Crippen LogP) is 3.72. The summed E-state index contributed by atoms with van der Waals surface area (Å²) in [6, 6.07) is 21.8. The maximum Gasteiger partial charge on any atom is 0.0445 e. The molecule has 0 aliphatic heterocycles. The van der Waals surface area contributed by atoms with Crippen molar-refractivity contribution >= 4 is 0 Å². The SMILES string of the molecule is CCC(CCO)NC(Cc1ccccc1)c1ccccc1. The van der Waals surface area contributed by atoms with Gasteiger partial charge in [-0.3, -0.25) is 0 Å². The van der Waals surface area contributed by atoms with Gasteiger partial charge in [-0.2, -0.15) is 0 Å². The summed E-state index contributed by atoms with van der Waals surface area (Å²) < 4.78 is 0. The maximum absolute atomic E-state index is 9.20. The van der Waals surface area contributed by atoms with Gasteiger partial charge in [0.1, 0.15) is 0 Å². The highest BCUT2D eigenvalue weighted by molar-refractivity contribution is 5.23. The normalized spacial score (nSPS) is 13.8. The smallest absolute Gasteiger partial charge is 0.0445 e. The lowest BCUT2D eigenvalue weighted by Gasteiger charge is -2.25. The molecule has 2 heteroatoms. The van der Waals surface area contributed by atoms with Crippen molar-refractivity contribution in [1.82, 2.24) is 5.32 Å². The van der Waals surface area contributed by atoms with E-state index in [-0.39, 0.29) is 12.6 Å². The van der Waals surface area contributed by atoms with Crippen LogP contribution < -0.4 is 5.32 Å². The molecular weight excluding hydrogens is 258 g/mol. The van der Waals surface area contributed by atoms with Gasteiger partial charge in [-0.25, -0.2) is 0 Å². The standard InChI is InChI=1S/C19H25NO/c1-2-18(13-14-21)20-19(17-11-7-4-8-12-17)15-16-9-5-3-6-10-16/h3-12,18-21H,2,13-15H2,1H3. The molecule has 0 bridgehead atoms. The molecule has 2 rings (SSSR count). The van der Waals surface area contributed by atoms with Gasteiger partial charge in [-0.1, -0.05) is 67.6 Å². The summed E-state index contributed by atoms with van der Waals surface area (Å²) in [5, 5.41) is 12.9. The Balaban J connectivity index is 2.14. The molecule has 2 N–H and O–H groups in total. The number of aliphatic hydroxyl groups is 1. The molecule has 0 aliphatic carbocycles. The molecule has 2 aromatic rings. The zero-order valence-electron chi connectivity index (χ0n) is 12.7. The lowest BCUT2D eigenvalue weighted by molar-refractivity contribution is 0.255. The van der Waals surface area contributed by atoms with Gasteiger partial charge in [0, 0.05) is 18.7 Å². The van der Waals surface area contributed by atoms with Gasteiger partial charge < -0.3 is 10.4 Å². The Hall–Kier alpha value is -1.64. The molecular formula is C19H25NO. The van der Waals surface area contributed by atoms with Crippen LogP contribution in [0.3, 0.4) is 0 Å². The number of nitrogens with one attached hydrogen (secondary N) is 1. The Labute approximate surface area is 127 Å². The summed E-state index contributed by atoms with van der Waals surface area (Å²) in [5.74, 6) is 0. The molecule has 0 fully saturated rings. The van der Waals surface area contributed by atoms with Gasteiger partial charge in [0.05, 0.1) is 0 Å². The van der Waals surface area contributed by atoms with E-state index in [2.05, 4.69) is 66.8 Å². The lowest BCUT2D eigenvalue weighted by Crippen LogP contribution is -2.34. The molecule has 0 saturated heterocycles. The molecule has 0 spiro atoms. The van der Waals surface area contributed by atoms with E-state index in [0.29, 0.717) is 6.04 Å². The fourth-order valence-corrected chi connectivity index (χ4v) is 2.65. The summed E-state index contributed by atoms with van der Waals surface area (Å²) in [6.07, 6.45) is 2.79. The van der Waals surface area contributed by atoms with E-state index in [1.165, 1.54) is 11.1 Å². The molecule has 0 radical (unpaired) electrons. The van der Waals surface area contributed by atoms with Gasteiger partial charge in [0.15, 0.2) is 0 Å². The summed E-state index contributed by atoms with van der Waals surface area (Å²) in [5.41, 5.74) is 2.63. The van der Waals surface area contributed by atoms with Crippen LogP contribution in [0.4, 0.5) is 0 Å². The first-order valence-corrected chi connectivity index (χ1v) is 7.79. The molecule has 2 nitrogen and oxygen atoms in total. The van der Waals surface area contributed by atoms with E-state index < -0.39 is 0 Å². The van der Waals surface area contributed by atoms with Crippen LogP contribution in [-0.2, 0) is 6.42 Å². The van der Waals surface area contributed by atoms with Crippen molar-refractivity contribution < 1.29 is 5.11 Å². The van der Waals surface area contributed by atoms with Crippen molar-refractivity contribution in [1.29, 1.82) is 0 Å². The molecule has 0 heterocycles. The number of hydrogen-bond donors (Lipinski definition) is 2. The quantitative estimate of drug-likeness (QED) is 0.774. The number of hydrogen-bond acceptors (Lipinski definition) is 2. The van der Waals surface area contributed by atoms with Crippen molar-refractivity contribution in [3.63, 3.8) is 0 Å². The molecule has 0 saturated carbocycles. The summed E-state index contributed by atoms with van der Waals surface area (Å²) >= 11 is 0. The first kappa shape index (κ1) is 15.7. The Kier molecular flexibility index (Phi) is 6.45. The Morgan fingerprint density at radius 2 is 1.57 bits per heavy atom. The minimum absolute atomic E-state index is 0.234. The molecule has 112 valence electrons. The van der Waals surface area contributed by atoms with Crippen LogP contribution in [0.5, 0.6) is 0 Å². The van der Waals surface area contributed by atoms with Crippen molar-refractivity contribution in [2.24, 2.45) is 0 Å². The van der Waals surface area contributed by atoms with Crippen LogP contribution in [0.1, 0.15) is 36.9 Å². The van der Waals surface area contributed by atoms with Gasteiger partial charge in [0.2, 0.25) is 0 Å². The summed E-state index contributed by atoms with van der Waals surface area (Å²) in [4.78, 5) is 0. The highest BCUT2D eigenvalue weighted by Crippen LogP contribution is 2.20. The minimum atomic E-state index is 0.234. The second-order valence-corrected chi connectivity index (χ2v) is 5.44. The molecule has 21 heavy (non-hydrogen) atoms. The second-order valence-electron chi connectivity index (χ2n) is 5.44. The molecule has 0 aromatic heterocycles. The van der Waals surface area contributed by atoms with Crippen LogP contribution in [0.25, 0.3) is 0 Å². The Morgan fingerprint density at radius 1 is 0.952 bits per heavy atom. The number of rotatable bonds is 8. The zero-order valence-corrected chi connectivity index (χ0v) is 12.7. The topological polar surface area (TPSA) is 32.3 Å². The molecule has 0 amide bonds. The average Bonchev–Trinajstić information content (AvgIpc) is 2.55. The van der Waals surface area contributed by atoms with Gasteiger partial charge >= 0.3 is 0 Å². The van der Waals surface area contributed by atoms with E-state index in [1.807, 2.05) is 6.07 Å². The van der Waals surface area contributed by atoms with Crippen LogP contribution >= 0.6 is 0 Å². The average molecular weight is 283 g/mol. The predicted molar refractivity (Wildman–Crippen MR) is 88.2 cm³/mol. The van der Waals surface area contributed by atoms with Crippen LogP contribution in [0.15, 0.2) is 60.7 Å². The molecule has 2 unspecified atom stereocenters. The second kappa shape index (κ2) is 8.60. The van der Waals surface area contributed by atoms with Crippen molar-refractivity contribution in [2.75, 3.05) is 6.61 Å². The Bertz CT molecular complexity index is 497. The number of benzene rings is 2. The summed E-state index contributed by atoms with van der Waals surface area (Å²) in [6.45, 7) is 2.40. The number of aliphatic hydroxyl groups excluding tert-OH is 1. The summed E-state index contributed by atoms with van der Waals surface area (Å²) in [7, 11) is 0. The largest absolute Gasteiger partial charge is 0.396 e. The molecule has 0 aliphatic rings. The van der Waals surface area contributed by atoms with Gasteiger partial charge in [0.25, 0.3) is 0 Å². The van der Waals surface area contributed by atoms with E-state index in [0.717, 1.165) is 19.3 Å². The van der Waals surface area contributed by atoms with Gasteiger partial charge in [-0.15, -0.1) is 0 Å². The third-order valence-corrected chi connectivity index (χ3v) is 3.89. The van der Waals surface area contributed by atoms with Crippen LogP contribution in [0.2, 0.25) is 0 Å². The highest BCUT2D eigenvalue weighted by Gasteiger charge is 2.16. The molecule has 2 aromatic carbocycles. The lowest BCUT2D eigenvalue weighted by atomic mass is 9.97. The van der Waals surface area contributed by atoms with Crippen LogP contribution in [-0.4, -0.2) is 17.8 Å². The first-order valence-electron chi connectivity index (χ1n) is 7.79. The minimum Gasteiger partial charge on any atom is -0.396 e. The zero-order chi connectivity index (χ0) is 14.9. The van der Waals surface area contributed by atoms with Crippen LogP contribution in [0, 0.1) is 0 Å². The third-order valence-electron chi connectivity index (χ3n) is 3.89. The molecule has 2 atom stereocenters. The van der Waals surface area contributed by atoms with Crippen molar-refractivity contribution in [3.05, 3.63) is 71.8 Å². The third kappa shape index (κ3) is 5.00. The first-order chi connectivity index (χ1) is 10.3. The monoisotopic (exact) mass is 283 g/mol. The van der Waals surface area contributed by atoms with Gasteiger partial charge in [-0.05, 0) is 30.4 Å². The highest BCUT2D eigenvalue weighted by atomic mass is 16.3. The fraction of sp³-hybridized carbons (Fsp3) is 0.368.